The van der Waals surface area contributed by atoms with E-state index in [2.05, 4.69) is 20.5 Å². The third-order valence-corrected chi connectivity index (χ3v) is 8.41. The molecule has 0 aliphatic rings. The van der Waals surface area contributed by atoms with Gasteiger partial charge in [-0.25, -0.2) is 25.3 Å². The van der Waals surface area contributed by atoms with Crippen LogP contribution in [0.15, 0.2) is 89.7 Å². The second-order valence-corrected chi connectivity index (χ2v) is 12.8. The first-order chi connectivity index (χ1) is 20.8. The molecule has 0 fully saturated rings. The zero-order chi connectivity index (χ0) is 33.5. The number of anilines is 1. The van der Waals surface area contributed by atoms with Gasteiger partial charge in [-0.2, -0.15) is 0 Å². The second kappa shape index (κ2) is 16.7. The van der Waals surface area contributed by atoms with Gasteiger partial charge in [-0.3, -0.25) is 10.1 Å². The first-order valence-electron chi connectivity index (χ1n) is 11.6. The summed E-state index contributed by atoms with van der Waals surface area (Å²) in [5.41, 5.74) is 2.78. The summed E-state index contributed by atoms with van der Waals surface area (Å²) in [4.78, 5) is 7.71. The minimum absolute atomic E-state index is 0. The van der Waals surface area contributed by atoms with Gasteiger partial charge in [0.15, 0.2) is 11.4 Å². The number of phenolic OH excluding ortho intramolecular Hbond substituents is 1. The number of hydrogen-bond acceptors (Lipinski definition) is 18. The Morgan fingerprint density at radius 2 is 1.23 bits per heavy atom. The van der Waals surface area contributed by atoms with Gasteiger partial charge >= 0.3 is 88.7 Å². The van der Waals surface area contributed by atoms with Crippen molar-refractivity contribution in [1.82, 2.24) is 0 Å². The number of rotatable bonds is 9. The molecule has 0 saturated carbocycles. The summed E-state index contributed by atoms with van der Waals surface area (Å²) < 4.78 is 109. The Morgan fingerprint density at radius 1 is 0.708 bits per heavy atom. The Kier molecular flexibility index (Phi) is 15.3. The Labute approximate surface area is 338 Å². The molecular weight excluding hydrogens is 733 g/mol. The number of nitrogen functional groups attached to an aromatic ring is 1. The molecule has 48 heavy (non-hydrogen) atoms. The normalized spacial score (nSPS) is 11.9. The van der Waals surface area contributed by atoms with Gasteiger partial charge < -0.3 is 29.2 Å². The van der Waals surface area contributed by atoms with Crippen molar-refractivity contribution in [2.24, 2.45) is 20.5 Å². The maximum atomic E-state index is 12.2. The largest absolute Gasteiger partial charge is 1.00 e. The molecule has 4 aromatic carbocycles. The monoisotopic (exact) mass is 748 g/mol. The van der Waals surface area contributed by atoms with Crippen LogP contribution in [0.2, 0.25) is 0 Å². The number of azo groups is 2. The number of nitro benzene ring substituents is 1. The van der Waals surface area contributed by atoms with Crippen LogP contribution in [-0.4, -0.2) is 56.1 Å². The number of ether oxygens (including phenoxy) is 1. The smallest absolute Gasteiger partial charge is 0.744 e. The molecule has 25 heteroatoms. The van der Waals surface area contributed by atoms with Crippen molar-refractivity contribution in [2.75, 3.05) is 12.8 Å². The number of nitro groups is 1. The summed E-state index contributed by atoms with van der Waals surface area (Å²) in [6, 6.07) is 7.77. The van der Waals surface area contributed by atoms with E-state index in [1.54, 1.807) is 0 Å². The van der Waals surface area contributed by atoms with E-state index in [4.69, 9.17) is 10.5 Å². The molecule has 0 saturated heterocycles. The molecule has 4 rings (SSSR count). The molecule has 4 aromatic rings. The van der Waals surface area contributed by atoms with E-state index in [1.165, 1.54) is 12.1 Å². The molecule has 0 spiro atoms. The molecule has 0 radical (unpaired) electrons. The Balaban J connectivity index is 0.00000384. The summed E-state index contributed by atoms with van der Waals surface area (Å²) in [5, 5.41) is 36.8. The molecule has 0 bridgehead atoms. The molecule has 3 N–H and O–H groups in total. The van der Waals surface area contributed by atoms with Crippen LogP contribution in [0.25, 0.3) is 10.8 Å². The fourth-order valence-electron chi connectivity index (χ4n) is 3.81. The second-order valence-electron chi connectivity index (χ2n) is 8.67. The van der Waals surface area contributed by atoms with E-state index < -0.39 is 72.8 Å². The van der Waals surface area contributed by atoms with Gasteiger partial charge in [0.2, 0.25) is 0 Å². The van der Waals surface area contributed by atoms with Crippen molar-refractivity contribution in [3.05, 3.63) is 64.7 Å². The zero-order valence-electron chi connectivity index (χ0n) is 25.1. The number of aromatic hydroxyl groups is 1. The van der Waals surface area contributed by atoms with Crippen LogP contribution in [0.3, 0.4) is 0 Å². The number of benzene rings is 4. The topological polar surface area (TPSA) is 320 Å². The SMILES string of the molecule is COc1cc(S(=O)(=O)[O-])ccc1N=Nc1c(S(=O)(=O)[O-])cc2c(N=Nc3ccc(S(=O)(=O)[O-])cc3[N+](=O)[O-])c(N)ccc2c1O.[Na+].[Na+].[Na+]. The van der Waals surface area contributed by atoms with Crippen molar-refractivity contribution in [3.8, 4) is 11.5 Å². The van der Waals surface area contributed by atoms with Crippen molar-refractivity contribution in [2.45, 2.75) is 14.7 Å². The molecule has 0 aliphatic heterocycles. The summed E-state index contributed by atoms with van der Waals surface area (Å²) in [5.74, 6) is -1.20. The maximum absolute atomic E-state index is 12.2. The number of nitrogens with zero attached hydrogens (tertiary/aromatic N) is 5. The first kappa shape index (κ1) is 43.9. The Bertz CT molecular complexity index is 2310. The maximum Gasteiger partial charge on any atom is 1.00 e. The van der Waals surface area contributed by atoms with Gasteiger partial charge in [0.05, 0.1) is 32.4 Å². The van der Waals surface area contributed by atoms with Crippen LogP contribution >= 0.6 is 0 Å². The van der Waals surface area contributed by atoms with Gasteiger partial charge in [-0.15, -0.1) is 20.5 Å². The van der Waals surface area contributed by atoms with E-state index in [-0.39, 0.29) is 122 Å². The molecular formula is C23H15N6Na3O13S3. The van der Waals surface area contributed by atoms with Crippen LogP contribution in [0.1, 0.15) is 0 Å². The number of hydrogen-bond donors (Lipinski definition) is 2. The van der Waals surface area contributed by atoms with E-state index in [9.17, 15) is 54.1 Å². The number of phenols is 1. The predicted molar refractivity (Wildman–Crippen MR) is 148 cm³/mol. The number of nitrogens with two attached hydrogens (primary N) is 1. The fraction of sp³-hybridized carbons (Fsp3) is 0.0435. The molecule has 0 atom stereocenters. The summed E-state index contributed by atoms with van der Waals surface area (Å²) in [6.45, 7) is 0. The minimum Gasteiger partial charge on any atom is -0.744 e. The van der Waals surface area contributed by atoms with Crippen molar-refractivity contribution in [3.63, 3.8) is 0 Å². The van der Waals surface area contributed by atoms with Gasteiger partial charge in [0.25, 0.3) is 5.69 Å². The van der Waals surface area contributed by atoms with Crippen molar-refractivity contribution in [1.29, 1.82) is 0 Å². The zero-order valence-corrected chi connectivity index (χ0v) is 33.5. The molecule has 0 unspecified atom stereocenters. The number of methoxy groups -OCH3 is 1. The summed E-state index contributed by atoms with van der Waals surface area (Å²) in [7, 11) is -14.3. The standard InChI is InChI=1S/C23H18N6O13S3.3Na/c1-42-19-9-12(44(36,37)38)3-7-17(19)26-28-22-20(45(39,40)41)10-14-13(23(22)30)4-5-15(24)21(14)27-25-16-6-2-11(43(33,34)35)8-18(16)29(31)32;;;/h2-10,30H,24H2,1H3,(H,33,34,35)(H,36,37,38)(H,39,40,41);;;/q;3*+1/p-3. The first-order valence-corrected chi connectivity index (χ1v) is 15.8. The van der Waals surface area contributed by atoms with Gasteiger partial charge in [-0.05, 0) is 48.5 Å². The Hall–Kier alpha value is -2.13. The molecule has 0 aliphatic carbocycles. The third-order valence-electron chi connectivity index (χ3n) is 5.89. The van der Waals surface area contributed by atoms with E-state index in [1.807, 2.05) is 0 Å². The summed E-state index contributed by atoms with van der Waals surface area (Å²) >= 11 is 0. The average molecular weight is 749 g/mol. The predicted octanol–water partition coefficient (Wildman–Crippen LogP) is -5.40. The van der Waals surface area contributed by atoms with Gasteiger partial charge in [0, 0.05) is 16.8 Å². The minimum atomic E-state index is -5.43. The van der Waals surface area contributed by atoms with Crippen LogP contribution < -0.4 is 99.1 Å². The molecule has 0 heterocycles. The number of fused-ring (bicyclic) bond motifs is 1. The van der Waals surface area contributed by atoms with Gasteiger partial charge in [0.1, 0.15) is 53.2 Å². The Morgan fingerprint density at radius 3 is 1.75 bits per heavy atom. The van der Waals surface area contributed by atoms with E-state index in [0.717, 1.165) is 43.5 Å². The summed E-state index contributed by atoms with van der Waals surface area (Å²) in [6.07, 6.45) is 0. The van der Waals surface area contributed by atoms with Gasteiger partial charge in [-0.1, -0.05) is 0 Å². The quantitative estimate of drug-likeness (QED) is 0.0403. The molecule has 19 nitrogen and oxygen atoms in total. The average Bonchev–Trinajstić information content (AvgIpc) is 2.94. The van der Waals surface area contributed by atoms with Crippen LogP contribution in [-0.2, 0) is 30.4 Å². The van der Waals surface area contributed by atoms with Crippen LogP contribution in [0.4, 0.5) is 34.1 Å². The fourth-order valence-corrected chi connectivity index (χ4v) is 5.43. The van der Waals surface area contributed by atoms with E-state index >= 15 is 0 Å². The molecule has 236 valence electrons. The van der Waals surface area contributed by atoms with Crippen molar-refractivity contribution >= 4 is 75.3 Å². The van der Waals surface area contributed by atoms with Crippen molar-refractivity contribution < 1.29 is 142 Å². The molecule has 0 amide bonds. The molecule has 0 aromatic heterocycles. The van der Waals surface area contributed by atoms with Crippen LogP contribution in [0, 0.1) is 10.1 Å². The third kappa shape index (κ3) is 9.76. The van der Waals surface area contributed by atoms with E-state index in [0.29, 0.717) is 6.07 Å². The van der Waals surface area contributed by atoms with Crippen LogP contribution in [0.5, 0.6) is 11.5 Å².